The summed E-state index contributed by atoms with van der Waals surface area (Å²) in [4.78, 5) is 19.2. The molecule has 0 fully saturated rings. The molecule has 0 unspecified atom stereocenters. The quantitative estimate of drug-likeness (QED) is 0.524. The molecule has 3 aromatic rings. The summed E-state index contributed by atoms with van der Waals surface area (Å²) in [6, 6.07) is 11.0. The van der Waals surface area contributed by atoms with Crippen LogP contribution in [0.2, 0.25) is 0 Å². The number of hydrogen-bond donors (Lipinski definition) is 0. The van der Waals surface area contributed by atoms with Crippen LogP contribution in [-0.4, -0.2) is 42.7 Å². The lowest BCUT2D eigenvalue weighted by molar-refractivity contribution is 0.0748. The number of carbonyl (C=O) groups excluding carboxylic acids is 1. The van der Waals surface area contributed by atoms with Gasteiger partial charge in [0.2, 0.25) is 0 Å². The molecule has 0 spiro atoms. The standard InChI is InChI=1S/C23H24N2O5S/c1-3-25(12-17-5-4-6-20-22(17)29-10-9-28-20)23(26)16-7-8-19(21(11-16)27-2)30-13-18-14-31-15-24-18/h4-8,11,14-15H,3,9-10,12-13H2,1-2H3. The molecule has 1 aliphatic rings. The van der Waals surface area contributed by atoms with Crippen molar-refractivity contribution in [2.24, 2.45) is 0 Å². The molecule has 0 radical (unpaired) electrons. The molecule has 1 aliphatic heterocycles. The third-order valence-corrected chi connectivity index (χ3v) is 5.58. The van der Waals surface area contributed by atoms with Gasteiger partial charge in [-0.3, -0.25) is 4.79 Å². The number of aromatic nitrogens is 1. The van der Waals surface area contributed by atoms with Crippen molar-refractivity contribution < 1.29 is 23.7 Å². The number of carbonyl (C=O) groups is 1. The van der Waals surface area contributed by atoms with Gasteiger partial charge < -0.3 is 23.8 Å². The fraction of sp³-hybridized carbons (Fsp3) is 0.304. The second-order valence-corrected chi connectivity index (χ2v) is 7.61. The van der Waals surface area contributed by atoms with Crippen LogP contribution >= 0.6 is 11.3 Å². The van der Waals surface area contributed by atoms with Crippen molar-refractivity contribution in [3.63, 3.8) is 0 Å². The topological polar surface area (TPSA) is 70.1 Å². The van der Waals surface area contributed by atoms with Gasteiger partial charge in [-0.2, -0.15) is 0 Å². The van der Waals surface area contributed by atoms with Crippen LogP contribution < -0.4 is 18.9 Å². The maximum atomic E-state index is 13.2. The molecule has 0 aliphatic carbocycles. The zero-order valence-corrected chi connectivity index (χ0v) is 18.3. The molecular formula is C23H24N2O5S. The number of benzene rings is 2. The zero-order valence-electron chi connectivity index (χ0n) is 17.5. The number of para-hydroxylation sites is 1. The highest BCUT2D eigenvalue weighted by atomic mass is 32.1. The second-order valence-electron chi connectivity index (χ2n) is 6.89. The molecule has 8 heteroatoms. The van der Waals surface area contributed by atoms with E-state index in [4.69, 9.17) is 18.9 Å². The third kappa shape index (κ3) is 4.74. The maximum absolute atomic E-state index is 13.2. The van der Waals surface area contributed by atoms with Crippen LogP contribution in [0.3, 0.4) is 0 Å². The van der Waals surface area contributed by atoms with Crippen LogP contribution in [0.5, 0.6) is 23.0 Å². The fourth-order valence-electron chi connectivity index (χ4n) is 3.35. The number of methoxy groups -OCH3 is 1. The molecule has 162 valence electrons. The van der Waals surface area contributed by atoms with Gasteiger partial charge in [0, 0.05) is 29.6 Å². The van der Waals surface area contributed by atoms with Crippen LogP contribution in [0.15, 0.2) is 47.3 Å². The largest absolute Gasteiger partial charge is 0.493 e. The van der Waals surface area contributed by atoms with E-state index >= 15 is 0 Å². The highest BCUT2D eigenvalue weighted by Crippen LogP contribution is 2.35. The Morgan fingerprint density at radius 1 is 1.19 bits per heavy atom. The van der Waals surface area contributed by atoms with Gasteiger partial charge in [-0.05, 0) is 31.2 Å². The van der Waals surface area contributed by atoms with Crippen LogP contribution in [-0.2, 0) is 13.2 Å². The summed E-state index contributed by atoms with van der Waals surface area (Å²) >= 11 is 1.52. The molecular weight excluding hydrogens is 416 g/mol. The van der Waals surface area contributed by atoms with Gasteiger partial charge in [0.1, 0.15) is 19.8 Å². The van der Waals surface area contributed by atoms with Gasteiger partial charge >= 0.3 is 0 Å². The summed E-state index contributed by atoms with van der Waals surface area (Å²) in [6.07, 6.45) is 0. The number of fused-ring (bicyclic) bond motifs is 1. The Hall–Kier alpha value is -3.26. The maximum Gasteiger partial charge on any atom is 0.254 e. The van der Waals surface area contributed by atoms with Gasteiger partial charge in [-0.1, -0.05) is 12.1 Å². The Labute approximate surface area is 185 Å². The summed E-state index contributed by atoms with van der Waals surface area (Å²) in [5.74, 6) is 2.41. The molecule has 0 saturated heterocycles. The van der Waals surface area contributed by atoms with Gasteiger partial charge in [-0.15, -0.1) is 11.3 Å². The predicted molar refractivity (Wildman–Crippen MR) is 117 cm³/mol. The number of nitrogens with zero attached hydrogens (tertiary/aromatic N) is 2. The molecule has 31 heavy (non-hydrogen) atoms. The van der Waals surface area contributed by atoms with Crippen molar-refractivity contribution >= 4 is 17.2 Å². The van der Waals surface area contributed by atoms with Crippen molar-refractivity contribution in [3.8, 4) is 23.0 Å². The number of thiazole rings is 1. The third-order valence-electron chi connectivity index (χ3n) is 4.95. The molecule has 0 atom stereocenters. The van der Waals surface area contributed by atoms with E-state index in [1.54, 1.807) is 35.7 Å². The molecule has 2 heterocycles. The summed E-state index contributed by atoms with van der Waals surface area (Å²) in [6.45, 7) is 4.30. The first-order valence-corrected chi connectivity index (χ1v) is 11.0. The molecule has 0 saturated carbocycles. The van der Waals surface area contributed by atoms with Gasteiger partial charge in [0.25, 0.3) is 5.91 Å². The lowest BCUT2D eigenvalue weighted by Crippen LogP contribution is -2.31. The average Bonchev–Trinajstić information content (AvgIpc) is 3.34. The Morgan fingerprint density at radius 3 is 2.84 bits per heavy atom. The van der Waals surface area contributed by atoms with E-state index < -0.39 is 0 Å². The van der Waals surface area contributed by atoms with Crippen molar-refractivity contribution in [3.05, 3.63) is 64.1 Å². The normalized spacial score (nSPS) is 12.3. The first-order valence-electron chi connectivity index (χ1n) is 10.0. The predicted octanol–water partition coefficient (Wildman–Crippen LogP) is 4.16. The van der Waals surface area contributed by atoms with Crippen molar-refractivity contribution in [2.75, 3.05) is 26.9 Å². The second kappa shape index (κ2) is 9.70. The molecule has 7 nitrogen and oxygen atoms in total. The summed E-state index contributed by atoms with van der Waals surface area (Å²) < 4.78 is 22.7. The lowest BCUT2D eigenvalue weighted by Gasteiger charge is -2.25. The number of ether oxygens (including phenoxy) is 4. The Morgan fingerprint density at radius 2 is 2.06 bits per heavy atom. The van der Waals surface area contributed by atoms with Crippen molar-refractivity contribution in [1.82, 2.24) is 9.88 Å². The number of rotatable bonds is 8. The van der Waals surface area contributed by atoms with E-state index in [1.807, 2.05) is 30.5 Å². The number of hydrogen-bond acceptors (Lipinski definition) is 7. The van der Waals surface area contributed by atoms with Crippen molar-refractivity contribution in [1.29, 1.82) is 0 Å². The summed E-state index contributed by atoms with van der Waals surface area (Å²) in [7, 11) is 1.56. The first kappa shape index (κ1) is 21.0. The van der Waals surface area contributed by atoms with Crippen LogP contribution in [0.1, 0.15) is 28.5 Å². The van der Waals surface area contributed by atoms with E-state index in [-0.39, 0.29) is 5.91 Å². The van der Waals surface area contributed by atoms with E-state index in [2.05, 4.69) is 4.98 Å². The van der Waals surface area contributed by atoms with Crippen LogP contribution in [0.25, 0.3) is 0 Å². The van der Waals surface area contributed by atoms with Gasteiger partial charge in [-0.25, -0.2) is 4.98 Å². The van der Waals surface area contributed by atoms with E-state index in [1.165, 1.54) is 11.3 Å². The molecule has 1 aromatic heterocycles. The zero-order chi connectivity index (χ0) is 21.6. The fourth-order valence-corrected chi connectivity index (χ4v) is 3.90. The first-order chi connectivity index (χ1) is 15.2. The summed E-state index contributed by atoms with van der Waals surface area (Å²) in [5.41, 5.74) is 4.06. The molecule has 0 N–H and O–H groups in total. The molecule has 0 bridgehead atoms. The molecule has 1 amide bonds. The lowest BCUT2D eigenvalue weighted by atomic mass is 10.1. The van der Waals surface area contributed by atoms with Crippen LogP contribution in [0.4, 0.5) is 0 Å². The van der Waals surface area contributed by atoms with E-state index in [0.29, 0.717) is 55.7 Å². The number of amides is 1. The Bertz CT molecular complexity index is 1040. The minimum atomic E-state index is -0.0961. The van der Waals surface area contributed by atoms with Crippen LogP contribution in [0, 0.1) is 0 Å². The van der Waals surface area contributed by atoms with Crippen molar-refractivity contribution in [2.45, 2.75) is 20.1 Å². The average molecular weight is 441 g/mol. The summed E-state index contributed by atoms with van der Waals surface area (Å²) in [5, 5.41) is 1.93. The SMILES string of the molecule is CCN(Cc1cccc2c1OCCO2)C(=O)c1ccc(OCc2cscn2)c(OC)c1. The molecule has 2 aromatic carbocycles. The van der Waals surface area contributed by atoms with Gasteiger partial charge in [0.05, 0.1) is 18.3 Å². The monoisotopic (exact) mass is 440 g/mol. The minimum Gasteiger partial charge on any atom is -0.493 e. The Balaban J connectivity index is 1.50. The Kier molecular flexibility index (Phi) is 6.57. The smallest absolute Gasteiger partial charge is 0.254 e. The van der Waals surface area contributed by atoms with E-state index in [9.17, 15) is 4.79 Å². The minimum absolute atomic E-state index is 0.0961. The highest BCUT2D eigenvalue weighted by molar-refractivity contribution is 7.07. The van der Waals surface area contributed by atoms with Gasteiger partial charge in [0.15, 0.2) is 23.0 Å². The highest BCUT2D eigenvalue weighted by Gasteiger charge is 2.21. The molecule has 4 rings (SSSR count). The van der Waals surface area contributed by atoms with E-state index in [0.717, 1.165) is 17.0 Å².